The molecule has 6 nitrogen and oxygen atoms in total. The Morgan fingerprint density at radius 2 is 1.80 bits per heavy atom. The smallest absolute Gasteiger partial charge is 0.256 e. The molecule has 30 heavy (non-hydrogen) atoms. The number of hydrogen-bond donors (Lipinski definition) is 1. The molecule has 0 spiro atoms. The number of para-hydroxylation sites is 1. The van der Waals surface area contributed by atoms with E-state index in [1.54, 1.807) is 17.2 Å². The molecule has 0 saturated carbocycles. The number of rotatable bonds is 6. The van der Waals surface area contributed by atoms with Gasteiger partial charge in [0.05, 0.1) is 24.9 Å². The summed E-state index contributed by atoms with van der Waals surface area (Å²) in [6, 6.07) is 19.6. The molecule has 4 rings (SSSR count). The van der Waals surface area contributed by atoms with Gasteiger partial charge in [-0.2, -0.15) is 0 Å². The largest absolute Gasteiger partial charge is 0.467 e. The van der Waals surface area contributed by atoms with Crippen molar-refractivity contribution >= 4 is 63.1 Å². The zero-order valence-corrected chi connectivity index (χ0v) is 18.8. The maximum absolute atomic E-state index is 13.3. The van der Waals surface area contributed by atoms with E-state index >= 15 is 0 Å². The van der Waals surface area contributed by atoms with Crippen molar-refractivity contribution < 1.29 is 14.0 Å². The van der Waals surface area contributed by atoms with Gasteiger partial charge < -0.3 is 14.6 Å². The second kappa shape index (κ2) is 8.97. The fourth-order valence-corrected chi connectivity index (χ4v) is 4.07. The third-order valence-corrected chi connectivity index (χ3v) is 5.88. The van der Waals surface area contributed by atoms with Crippen LogP contribution in [0.2, 0.25) is 0 Å². The van der Waals surface area contributed by atoms with Crippen molar-refractivity contribution in [3.05, 3.63) is 82.3 Å². The minimum Gasteiger partial charge on any atom is -0.467 e. The van der Waals surface area contributed by atoms with Crippen molar-refractivity contribution in [3.63, 3.8) is 0 Å². The third-order valence-electron chi connectivity index (χ3n) is 4.75. The average Bonchev–Trinajstić information content (AvgIpc) is 3.33. The molecule has 0 bridgehead atoms. The van der Waals surface area contributed by atoms with Gasteiger partial charge in [0.2, 0.25) is 5.91 Å². The van der Waals surface area contributed by atoms with Crippen LogP contribution in [0, 0.1) is 3.57 Å². The molecule has 1 aliphatic heterocycles. The zero-order chi connectivity index (χ0) is 21.1. The molecule has 8 heteroatoms. The highest BCUT2D eigenvalue weighted by atomic mass is 127. The summed E-state index contributed by atoms with van der Waals surface area (Å²) in [7, 11) is 0. The highest BCUT2D eigenvalue weighted by Crippen LogP contribution is 2.29. The van der Waals surface area contributed by atoms with Crippen LogP contribution in [0.15, 0.2) is 77.4 Å². The number of nitrogens with one attached hydrogen (secondary N) is 1. The van der Waals surface area contributed by atoms with Crippen molar-refractivity contribution in [1.82, 2.24) is 4.90 Å². The molecule has 1 aromatic heterocycles. The predicted molar refractivity (Wildman–Crippen MR) is 127 cm³/mol. The lowest BCUT2D eigenvalue weighted by molar-refractivity contribution is -0.124. The standard InChI is InChI=1S/C22H18IN3O3S/c23-15-8-10-16(11-9-15)24-20(27)13-19-21(28)26(17-5-2-1-3-6-17)22(30)25(19)14-18-7-4-12-29-18/h1-12,19H,13-14H2,(H,24,27)/t19-/m0/s1. The van der Waals surface area contributed by atoms with E-state index in [0.717, 1.165) is 3.57 Å². The first-order chi connectivity index (χ1) is 14.5. The molecule has 2 amide bonds. The predicted octanol–water partition coefficient (Wildman–Crippen LogP) is 4.42. The van der Waals surface area contributed by atoms with Crippen LogP contribution in [-0.4, -0.2) is 27.9 Å². The zero-order valence-electron chi connectivity index (χ0n) is 15.8. The van der Waals surface area contributed by atoms with Crippen LogP contribution in [0.5, 0.6) is 0 Å². The summed E-state index contributed by atoms with van der Waals surface area (Å²) in [6.45, 7) is 0.308. The summed E-state index contributed by atoms with van der Waals surface area (Å²) in [6.07, 6.45) is 1.55. The minimum atomic E-state index is -0.716. The number of carbonyl (C=O) groups is 2. The number of halogens is 1. The van der Waals surface area contributed by atoms with E-state index in [4.69, 9.17) is 16.6 Å². The monoisotopic (exact) mass is 531 g/mol. The van der Waals surface area contributed by atoms with Crippen LogP contribution in [0.25, 0.3) is 0 Å². The minimum absolute atomic E-state index is 0.0188. The van der Waals surface area contributed by atoms with Crippen LogP contribution in [0.4, 0.5) is 11.4 Å². The maximum Gasteiger partial charge on any atom is 0.256 e. The number of furan rings is 1. The summed E-state index contributed by atoms with van der Waals surface area (Å²) in [5.41, 5.74) is 1.36. The Morgan fingerprint density at radius 1 is 1.07 bits per heavy atom. The lowest BCUT2D eigenvalue weighted by Gasteiger charge is -2.22. The number of nitrogens with zero attached hydrogens (tertiary/aromatic N) is 2. The summed E-state index contributed by atoms with van der Waals surface area (Å²) in [4.78, 5) is 29.2. The Balaban J connectivity index is 1.57. The van der Waals surface area contributed by atoms with Gasteiger partial charge in [-0.3, -0.25) is 14.5 Å². The molecule has 1 N–H and O–H groups in total. The molecule has 0 radical (unpaired) electrons. The molecular weight excluding hydrogens is 513 g/mol. The number of hydrogen-bond acceptors (Lipinski definition) is 4. The Morgan fingerprint density at radius 3 is 2.47 bits per heavy atom. The quantitative estimate of drug-likeness (QED) is 0.377. The van der Waals surface area contributed by atoms with Crippen molar-refractivity contribution in [1.29, 1.82) is 0 Å². The third kappa shape index (κ3) is 4.39. The van der Waals surface area contributed by atoms with Gasteiger partial charge in [0.1, 0.15) is 11.8 Å². The van der Waals surface area contributed by atoms with Gasteiger partial charge >= 0.3 is 0 Å². The van der Waals surface area contributed by atoms with E-state index in [1.807, 2.05) is 60.7 Å². The van der Waals surface area contributed by atoms with E-state index in [0.29, 0.717) is 28.8 Å². The van der Waals surface area contributed by atoms with Crippen molar-refractivity contribution in [2.45, 2.75) is 19.0 Å². The molecule has 3 aromatic rings. The first-order valence-corrected chi connectivity index (χ1v) is 10.8. The first kappa shape index (κ1) is 20.5. The van der Waals surface area contributed by atoms with Crippen molar-refractivity contribution in [2.75, 3.05) is 10.2 Å². The fraction of sp³-hybridized carbons (Fsp3) is 0.136. The van der Waals surface area contributed by atoms with Crippen molar-refractivity contribution in [3.8, 4) is 0 Å². The summed E-state index contributed by atoms with van der Waals surface area (Å²) in [5.74, 6) is 0.190. The molecule has 0 aliphatic carbocycles. The van der Waals surface area contributed by atoms with Gasteiger partial charge in [-0.05, 0) is 83.3 Å². The normalized spacial score (nSPS) is 16.2. The van der Waals surface area contributed by atoms with Gasteiger partial charge in [0.25, 0.3) is 5.91 Å². The van der Waals surface area contributed by atoms with Gasteiger partial charge in [-0.1, -0.05) is 18.2 Å². The second-order valence-corrected chi connectivity index (χ2v) is 8.38. The molecule has 1 aliphatic rings. The molecule has 2 heterocycles. The first-order valence-electron chi connectivity index (χ1n) is 9.30. The summed E-state index contributed by atoms with van der Waals surface area (Å²) in [5, 5.41) is 3.22. The topological polar surface area (TPSA) is 65.8 Å². The van der Waals surface area contributed by atoms with Gasteiger partial charge in [0.15, 0.2) is 5.11 Å². The van der Waals surface area contributed by atoms with Gasteiger partial charge in [-0.25, -0.2) is 0 Å². The van der Waals surface area contributed by atoms with E-state index in [2.05, 4.69) is 27.9 Å². The number of benzene rings is 2. The molecule has 2 aromatic carbocycles. The molecule has 0 unspecified atom stereocenters. The summed E-state index contributed by atoms with van der Waals surface area (Å²) < 4.78 is 6.52. The van der Waals surface area contributed by atoms with Crippen LogP contribution >= 0.6 is 34.8 Å². The van der Waals surface area contributed by atoms with E-state index in [1.165, 1.54) is 4.90 Å². The van der Waals surface area contributed by atoms with E-state index < -0.39 is 6.04 Å². The van der Waals surface area contributed by atoms with Crippen LogP contribution in [0.3, 0.4) is 0 Å². The van der Waals surface area contributed by atoms with Crippen LogP contribution in [-0.2, 0) is 16.1 Å². The number of anilines is 2. The number of amides is 2. The molecular formula is C22H18IN3O3S. The van der Waals surface area contributed by atoms with Crippen LogP contribution < -0.4 is 10.2 Å². The highest BCUT2D eigenvalue weighted by molar-refractivity contribution is 14.1. The summed E-state index contributed by atoms with van der Waals surface area (Å²) >= 11 is 7.83. The highest BCUT2D eigenvalue weighted by Gasteiger charge is 2.44. The maximum atomic E-state index is 13.3. The lowest BCUT2D eigenvalue weighted by Crippen LogP contribution is -2.37. The Hall–Kier alpha value is -2.72. The van der Waals surface area contributed by atoms with Crippen molar-refractivity contribution in [2.24, 2.45) is 0 Å². The second-order valence-electron chi connectivity index (χ2n) is 6.77. The molecule has 1 saturated heterocycles. The molecule has 1 fully saturated rings. The van der Waals surface area contributed by atoms with Gasteiger partial charge in [0, 0.05) is 9.26 Å². The average molecular weight is 531 g/mol. The fourth-order valence-electron chi connectivity index (χ4n) is 3.32. The van der Waals surface area contributed by atoms with Crippen LogP contribution in [0.1, 0.15) is 12.2 Å². The lowest BCUT2D eigenvalue weighted by atomic mass is 10.1. The Labute approximate surface area is 193 Å². The number of carbonyl (C=O) groups excluding carboxylic acids is 2. The van der Waals surface area contributed by atoms with E-state index in [9.17, 15) is 9.59 Å². The Kier molecular flexibility index (Phi) is 6.14. The number of thiocarbonyl (C=S) groups is 1. The Bertz CT molecular complexity index is 1060. The van der Waals surface area contributed by atoms with E-state index in [-0.39, 0.29) is 18.2 Å². The molecule has 1 atom stereocenters. The SMILES string of the molecule is O=C(C[C@H]1C(=O)N(c2ccccc2)C(=S)N1Cc1ccco1)Nc1ccc(I)cc1. The molecule has 152 valence electrons. The van der Waals surface area contributed by atoms with Gasteiger partial charge in [-0.15, -0.1) is 0 Å².